The third-order valence-corrected chi connectivity index (χ3v) is 4.00. The Kier molecular flexibility index (Phi) is 3.88. The largest absolute Gasteiger partial charge is 0.356 e. The lowest BCUT2D eigenvalue weighted by Crippen LogP contribution is -2.55. The summed E-state index contributed by atoms with van der Waals surface area (Å²) in [4.78, 5) is 2.97. The average molecular weight is 288 g/mol. The molecule has 0 aromatic heterocycles. The lowest BCUT2D eigenvalue weighted by Gasteiger charge is -2.45. The van der Waals surface area contributed by atoms with Gasteiger partial charge in [0.25, 0.3) is 0 Å². The van der Waals surface area contributed by atoms with Gasteiger partial charge in [-0.05, 0) is 24.7 Å². The van der Waals surface area contributed by atoms with E-state index in [0.29, 0.717) is 0 Å². The molecule has 4 heteroatoms. The molecule has 3 atom stereocenters. The van der Waals surface area contributed by atoms with Crippen LogP contribution in [0.4, 0.5) is 14.5 Å². The van der Waals surface area contributed by atoms with Gasteiger partial charge in [0.15, 0.2) is 12.6 Å². The van der Waals surface area contributed by atoms with E-state index in [-0.39, 0.29) is 6.54 Å². The minimum atomic E-state index is -1.39. The Morgan fingerprint density at radius 2 is 1.48 bits per heavy atom. The van der Waals surface area contributed by atoms with Gasteiger partial charge in [-0.15, -0.1) is 0 Å². The van der Waals surface area contributed by atoms with Crippen molar-refractivity contribution in [2.24, 2.45) is 0 Å². The second-order valence-electron chi connectivity index (χ2n) is 5.32. The van der Waals surface area contributed by atoms with E-state index in [9.17, 15) is 8.78 Å². The molecule has 0 radical (unpaired) electrons. The van der Waals surface area contributed by atoms with Crippen LogP contribution in [0.25, 0.3) is 0 Å². The van der Waals surface area contributed by atoms with Crippen LogP contribution in [0.3, 0.4) is 0 Å². The number of likely N-dealkylation sites (N-methyl/N-ethyl adjacent to an activating group) is 1. The summed E-state index contributed by atoms with van der Waals surface area (Å²) in [5, 5.41) is 0. The van der Waals surface area contributed by atoms with Crippen LogP contribution in [0.15, 0.2) is 60.7 Å². The summed E-state index contributed by atoms with van der Waals surface area (Å²) in [6, 6.07) is 18.4. The molecule has 0 bridgehead atoms. The number of para-hydroxylation sites is 1. The van der Waals surface area contributed by atoms with Crippen LogP contribution in [0.2, 0.25) is 0 Å². The van der Waals surface area contributed by atoms with Gasteiger partial charge in [0.1, 0.15) is 0 Å². The van der Waals surface area contributed by atoms with E-state index in [1.807, 2.05) is 65.6 Å². The molecule has 1 fully saturated rings. The molecular formula is C17H18F2N2. The molecule has 0 aliphatic carbocycles. The van der Waals surface area contributed by atoms with Gasteiger partial charge in [0, 0.05) is 5.69 Å². The highest BCUT2D eigenvalue weighted by atomic mass is 19.2. The van der Waals surface area contributed by atoms with Crippen LogP contribution < -0.4 is 4.90 Å². The molecule has 3 unspecified atom stereocenters. The zero-order valence-electron chi connectivity index (χ0n) is 11.9. The van der Waals surface area contributed by atoms with Crippen LogP contribution >= 0.6 is 0 Å². The van der Waals surface area contributed by atoms with Crippen molar-refractivity contribution in [3.63, 3.8) is 0 Å². The van der Waals surface area contributed by atoms with E-state index in [2.05, 4.69) is 0 Å². The van der Waals surface area contributed by atoms with Crippen LogP contribution in [0.1, 0.15) is 11.6 Å². The Balaban J connectivity index is 2.02. The molecule has 0 N–H and O–H groups in total. The topological polar surface area (TPSA) is 6.48 Å². The van der Waals surface area contributed by atoms with Gasteiger partial charge in [0.2, 0.25) is 0 Å². The van der Waals surface area contributed by atoms with Crippen LogP contribution in [-0.2, 0) is 0 Å². The number of rotatable bonds is 2. The number of halogens is 2. The van der Waals surface area contributed by atoms with E-state index in [1.54, 1.807) is 0 Å². The molecule has 1 saturated heterocycles. The van der Waals surface area contributed by atoms with Crippen molar-refractivity contribution < 1.29 is 8.78 Å². The zero-order valence-corrected chi connectivity index (χ0v) is 11.9. The molecular weight excluding hydrogens is 270 g/mol. The second-order valence-corrected chi connectivity index (χ2v) is 5.32. The number of hydrogen-bond donors (Lipinski definition) is 0. The van der Waals surface area contributed by atoms with Gasteiger partial charge in [-0.25, -0.2) is 13.7 Å². The first-order valence-electron chi connectivity index (χ1n) is 7.05. The number of benzene rings is 2. The van der Waals surface area contributed by atoms with Crippen LogP contribution in [0.5, 0.6) is 0 Å². The first-order chi connectivity index (χ1) is 10.2. The summed E-state index contributed by atoms with van der Waals surface area (Å²) in [5.74, 6) is 0. The molecule has 2 aromatic rings. The van der Waals surface area contributed by atoms with Gasteiger partial charge < -0.3 is 4.90 Å². The molecule has 2 nitrogen and oxygen atoms in total. The summed E-state index contributed by atoms with van der Waals surface area (Å²) in [6.45, 7) is 0.153. The van der Waals surface area contributed by atoms with Gasteiger partial charge in [-0.3, -0.25) is 0 Å². The first kappa shape index (κ1) is 14.0. The first-order valence-corrected chi connectivity index (χ1v) is 7.05. The molecule has 3 rings (SSSR count). The van der Waals surface area contributed by atoms with Crippen LogP contribution in [0, 0.1) is 0 Å². The molecule has 110 valence electrons. The molecule has 0 spiro atoms. The summed E-state index contributed by atoms with van der Waals surface area (Å²) >= 11 is 0. The SMILES string of the molecule is CN1C(F)CN(c2ccccc2)C(c2ccccc2)C1F. The van der Waals surface area contributed by atoms with Crippen molar-refractivity contribution in [1.82, 2.24) is 4.90 Å². The third-order valence-electron chi connectivity index (χ3n) is 4.00. The van der Waals surface area contributed by atoms with Crippen molar-refractivity contribution in [3.8, 4) is 0 Å². The second kappa shape index (κ2) is 5.82. The molecule has 0 amide bonds. The molecule has 1 aliphatic heterocycles. The minimum Gasteiger partial charge on any atom is -0.356 e. The standard InChI is InChI=1S/C17H18F2N2/c1-20-15(18)12-21(14-10-6-3-7-11-14)16(17(20)19)13-8-4-2-5-9-13/h2-11,15-17H,12H2,1H3. The molecule has 1 heterocycles. The highest BCUT2D eigenvalue weighted by Gasteiger charge is 2.41. The lowest BCUT2D eigenvalue weighted by molar-refractivity contribution is -0.0349. The maximum Gasteiger partial charge on any atom is 0.180 e. The fourth-order valence-electron chi connectivity index (χ4n) is 2.80. The van der Waals surface area contributed by atoms with Gasteiger partial charge >= 0.3 is 0 Å². The van der Waals surface area contributed by atoms with E-state index >= 15 is 0 Å². The predicted molar refractivity (Wildman–Crippen MR) is 80.5 cm³/mol. The van der Waals surface area contributed by atoms with E-state index < -0.39 is 18.6 Å². The van der Waals surface area contributed by atoms with Crippen molar-refractivity contribution in [1.29, 1.82) is 0 Å². The Morgan fingerprint density at radius 3 is 2.10 bits per heavy atom. The van der Waals surface area contributed by atoms with Gasteiger partial charge in [0.05, 0.1) is 12.6 Å². The van der Waals surface area contributed by atoms with Crippen molar-refractivity contribution >= 4 is 5.69 Å². The number of piperazine rings is 1. The normalized spacial score (nSPS) is 26.8. The van der Waals surface area contributed by atoms with E-state index in [4.69, 9.17) is 0 Å². The van der Waals surface area contributed by atoms with Gasteiger partial charge in [-0.1, -0.05) is 48.5 Å². The summed E-state index contributed by atoms with van der Waals surface area (Å²) < 4.78 is 28.9. The summed E-state index contributed by atoms with van der Waals surface area (Å²) in [6.07, 6.45) is -2.71. The van der Waals surface area contributed by atoms with Gasteiger partial charge in [-0.2, -0.15) is 0 Å². The number of anilines is 1. The molecule has 1 aliphatic rings. The van der Waals surface area contributed by atoms with Crippen LogP contribution in [-0.4, -0.2) is 31.1 Å². The Bertz CT molecular complexity index is 576. The quantitative estimate of drug-likeness (QED) is 0.776. The highest BCUT2D eigenvalue weighted by Crippen LogP contribution is 2.37. The summed E-state index contributed by atoms with van der Waals surface area (Å²) in [7, 11) is 1.49. The summed E-state index contributed by atoms with van der Waals surface area (Å²) in [5.41, 5.74) is 1.69. The maximum atomic E-state index is 14.8. The number of alkyl halides is 2. The van der Waals surface area contributed by atoms with E-state index in [1.165, 1.54) is 7.05 Å². The van der Waals surface area contributed by atoms with Crippen molar-refractivity contribution in [2.75, 3.05) is 18.5 Å². The minimum absolute atomic E-state index is 0.153. The average Bonchev–Trinajstić information content (AvgIpc) is 2.54. The third kappa shape index (κ3) is 2.63. The predicted octanol–water partition coefficient (Wildman–Crippen LogP) is 3.77. The monoisotopic (exact) mass is 288 g/mol. The maximum absolute atomic E-state index is 14.8. The number of hydrogen-bond acceptors (Lipinski definition) is 2. The highest BCUT2D eigenvalue weighted by molar-refractivity contribution is 5.50. The molecule has 0 saturated carbocycles. The zero-order chi connectivity index (χ0) is 14.8. The molecule has 21 heavy (non-hydrogen) atoms. The Hall–Kier alpha value is -1.94. The van der Waals surface area contributed by atoms with Crippen molar-refractivity contribution in [3.05, 3.63) is 66.2 Å². The fraction of sp³-hybridized carbons (Fsp3) is 0.294. The number of nitrogens with zero attached hydrogens (tertiary/aromatic N) is 2. The lowest BCUT2D eigenvalue weighted by atomic mass is 10.00. The van der Waals surface area contributed by atoms with E-state index in [0.717, 1.165) is 16.2 Å². The smallest absolute Gasteiger partial charge is 0.180 e. The van der Waals surface area contributed by atoms with Crippen molar-refractivity contribution in [2.45, 2.75) is 18.6 Å². The Morgan fingerprint density at radius 1 is 0.905 bits per heavy atom. The Labute approximate surface area is 123 Å². The molecule has 2 aromatic carbocycles. The fourth-order valence-corrected chi connectivity index (χ4v) is 2.80.